The summed E-state index contributed by atoms with van der Waals surface area (Å²) in [6.07, 6.45) is -9.04. The van der Waals surface area contributed by atoms with Crippen LogP contribution in [-0.2, 0) is 6.18 Å². The minimum atomic E-state index is -5.14. The molecule has 0 saturated heterocycles. The highest BCUT2D eigenvalue weighted by Crippen LogP contribution is 2.37. The number of benzene rings is 2. The Hall–Kier alpha value is -4.16. The molecule has 2 aromatic carbocycles. The van der Waals surface area contributed by atoms with Crippen molar-refractivity contribution in [3.8, 4) is 16.9 Å². The smallest absolute Gasteiger partial charge is 0.406 e. The van der Waals surface area contributed by atoms with Crippen LogP contribution in [0.1, 0.15) is 26.4 Å². The van der Waals surface area contributed by atoms with E-state index in [0.717, 1.165) is 42.6 Å². The molecular weight excluding hydrogens is 475 g/mol. The van der Waals surface area contributed by atoms with Crippen LogP contribution in [0.25, 0.3) is 11.1 Å². The SMILES string of the molecule is NC(=O)c1cc(NC(=O)c2c(-c3ccc(OC(F)(F)F)cc3)ccc(C(F)(F)F)c2F)ccn1. The molecule has 2 amide bonds. The zero-order valence-corrected chi connectivity index (χ0v) is 16.6. The maximum Gasteiger partial charge on any atom is 0.573 e. The molecule has 178 valence electrons. The molecule has 3 N–H and O–H groups in total. The first kappa shape index (κ1) is 24.5. The molecule has 1 aromatic heterocycles. The molecule has 3 aromatic rings. The fourth-order valence-corrected chi connectivity index (χ4v) is 2.93. The average molecular weight is 487 g/mol. The molecule has 1 heterocycles. The van der Waals surface area contributed by atoms with Crippen molar-refractivity contribution in [1.29, 1.82) is 0 Å². The molecule has 0 atom stereocenters. The molecule has 0 fully saturated rings. The van der Waals surface area contributed by atoms with E-state index in [2.05, 4.69) is 15.0 Å². The fraction of sp³-hybridized carbons (Fsp3) is 0.0952. The summed E-state index contributed by atoms with van der Waals surface area (Å²) in [6.45, 7) is 0. The van der Waals surface area contributed by atoms with Gasteiger partial charge in [-0.1, -0.05) is 18.2 Å². The van der Waals surface area contributed by atoms with Crippen molar-refractivity contribution >= 4 is 17.5 Å². The number of pyridine rings is 1. The third kappa shape index (κ3) is 5.60. The first-order valence-corrected chi connectivity index (χ1v) is 9.09. The van der Waals surface area contributed by atoms with Crippen molar-refractivity contribution in [2.45, 2.75) is 12.5 Å². The van der Waals surface area contributed by atoms with Gasteiger partial charge in [-0.05, 0) is 41.5 Å². The molecular formula is C21H12F7N3O3. The predicted octanol–water partition coefficient (Wildman–Crippen LogP) is 5.16. The lowest BCUT2D eigenvalue weighted by Crippen LogP contribution is -2.20. The molecule has 0 aliphatic rings. The summed E-state index contributed by atoms with van der Waals surface area (Å²) in [5.41, 5.74) is 1.52. The van der Waals surface area contributed by atoms with Crippen LogP contribution in [0.2, 0.25) is 0 Å². The van der Waals surface area contributed by atoms with E-state index in [9.17, 15) is 40.3 Å². The van der Waals surface area contributed by atoms with Gasteiger partial charge in [0.25, 0.3) is 11.8 Å². The lowest BCUT2D eigenvalue weighted by Gasteiger charge is -2.16. The van der Waals surface area contributed by atoms with E-state index in [1.165, 1.54) is 6.07 Å². The summed E-state index contributed by atoms with van der Waals surface area (Å²) in [6, 6.07) is 7.13. The Kier molecular flexibility index (Phi) is 6.48. The Morgan fingerprint density at radius 3 is 2.15 bits per heavy atom. The van der Waals surface area contributed by atoms with E-state index in [-0.39, 0.29) is 22.5 Å². The van der Waals surface area contributed by atoms with Crippen molar-refractivity contribution in [2.24, 2.45) is 5.73 Å². The van der Waals surface area contributed by atoms with Crippen LogP contribution < -0.4 is 15.8 Å². The second kappa shape index (κ2) is 9.00. The second-order valence-corrected chi connectivity index (χ2v) is 6.67. The van der Waals surface area contributed by atoms with Crippen LogP contribution in [0, 0.1) is 5.82 Å². The summed E-state index contributed by atoms with van der Waals surface area (Å²) in [7, 11) is 0. The quantitative estimate of drug-likeness (QED) is 0.487. The number of nitrogens with zero attached hydrogens (tertiary/aromatic N) is 1. The number of nitrogens with one attached hydrogen (secondary N) is 1. The zero-order valence-electron chi connectivity index (χ0n) is 16.6. The topological polar surface area (TPSA) is 94.3 Å². The predicted molar refractivity (Wildman–Crippen MR) is 104 cm³/mol. The first-order chi connectivity index (χ1) is 15.8. The molecule has 0 unspecified atom stereocenters. The van der Waals surface area contributed by atoms with Gasteiger partial charge in [0.1, 0.15) is 17.3 Å². The van der Waals surface area contributed by atoms with E-state index in [4.69, 9.17) is 5.73 Å². The van der Waals surface area contributed by atoms with Crippen molar-refractivity contribution in [3.05, 3.63) is 77.4 Å². The third-order valence-corrected chi connectivity index (χ3v) is 4.34. The number of ether oxygens (including phenoxy) is 1. The molecule has 34 heavy (non-hydrogen) atoms. The number of nitrogens with two attached hydrogens (primary N) is 1. The molecule has 13 heteroatoms. The Morgan fingerprint density at radius 2 is 1.59 bits per heavy atom. The van der Waals surface area contributed by atoms with Gasteiger partial charge in [0.2, 0.25) is 0 Å². The monoisotopic (exact) mass is 487 g/mol. The lowest BCUT2D eigenvalue weighted by atomic mass is 9.95. The number of halogens is 7. The summed E-state index contributed by atoms with van der Waals surface area (Å²) in [4.78, 5) is 27.7. The number of amides is 2. The number of rotatable bonds is 5. The summed E-state index contributed by atoms with van der Waals surface area (Å²) in [5, 5.41) is 2.16. The van der Waals surface area contributed by atoms with E-state index >= 15 is 0 Å². The highest BCUT2D eigenvalue weighted by Gasteiger charge is 2.37. The van der Waals surface area contributed by atoms with Crippen molar-refractivity contribution in [2.75, 3.05) is 5.32 Å². The van der Waals surface area contributed by atoms with Crippen LogP contribution in [0.3, 0.4) is 0 Å². The summed E-state index contributed by atoms with van der Waals surface area (Å²) >= 11 is 0. The maximum atomic E-state index is 14.9. The van der Waals surface area contributed by atoms with Gasteiger partial charge in [-0.2, -0.15) is 13.2 Å². The van der Waals surface area contributed by atoms with Gasteiger partial charge in [-0.15, -0.1) is 13.2 Å². The van der Waals surface area contributed by atoms with Gasteiger partial charge >= 0.3 is 12.5 Å². The number of aromatic nitrogens is 1. The summed E-state index contributed by atoms with van der Waals surface area (Å²) < 4.78 is 95.5. The van der Waals surface area contributed by atoms with Gasteiger partial charge in [-0.3, -0.25) is 14.6 Å². The number of carbonyl (C=O) groups is 2. The number of alkyl halides is 6. The largest absolute Gasteiger partial charge is 0.573 e. The summed E-state index contributed by atoms with van der Waals surface area (Å²) in [5.74, 6) is -4.81. The minimum Gasteiger partial charge on any atom is -0.406 e. The van der Waals surface area contributed by atoms with Crippen molar-refractivity contribution < 1.29 is 45.1 Å². The number of hydrogen-bond acceptors (Lipinski definition) is 4. The van der Waals surface area contributed by atoms with E-state index in [0.29, 0.717) is 6.07 Å². The molecule has 0 aliphatic heterocycles. The highest BCUT2D eigenvalue weighted by atomic mass is 19.4. The molecule has 0 spiro atoms. The van der Waals surface area contributed by atoms with Gasteiger partial charge in [-0.25, -0.2) is 4.39 Å². The Labute approximate surface area is 186 Å². The van der Waals surface area contributed by atoms with Crippen molar-refractivity contribution in [3.63, 3.8) is 0 Å². The van der Waals surface area contributed by atoms with Gasteiger partial charge < -0.3 is 15.8 Å². The number of anilines is 1. The van der Waals surface area contributed by atoms with Crippen LogP contribution in [0.4, 0.5) is 36.4 Å². The third-order valence-electron chi connectivity index (χ3n) is 4.34. The number of hydrogen-bond donors (Lipinski definition) is 2. The number of primary amides is 1. The zero-order chi connectivity index (χ0) is 25.3. The maximum absolute atomic E-state index is 14.9. The van der Waals surface area contributed by atoms with Crippen molar-refractivity contribution in [1.82, 2.24) is 4.98 Å². The van der Waals surface area contributed by atoms with Gasteiger partial charge in [0, 0.05) is 11.9 Å². The van der Waals surface area contributed by atoms with E-state index in [1.54, 1.807) is 0 Å². The highest BCUT2D eigenvalue weighted by molar-refractivity contribution is 6.09. The molecule has 3 rings (SSSR count). The van der Waals surface area contributed by atoms with Crippen LogP contribution in [0.5, 0.6) is 5.75 Å². The molecule has 0 bridgehead atoms. The molecule has 0 radical (unpaired) electrons. The normalized spacial score (nSPS) is 11.7. The minimum absolute atomic E-state index is 0.0696. The van der Waals surface area contributed by atoms with Gasteiger partial charge in [0.05, 0.1) is 11.1 Å². The Morgan fingerprint density at radius 1 is 0.941 bits per heavy atom. The van der Waals surface area contributed by atoms with Crippen LogP contribution in [-0.4, -0.2) is 23.2 Å². The van der Waals surface area contributed by atoms with Gasteiger partial charge in [0.15, 0.2) is 0 Å². The molecule has 0 aliphatic carbocycles. The Balaban J connectivity index is 2.08. The average Bonchev–Trinajstić information content (AvgIpc) is 2.72. The molecule has 6 nitrogen and oxygen atoms in total. The second-order valence-electron chi connectivity index (χ2n) is 6.67. The standard InChI is InChI=1S/C21H12F7N3O3/c22-17-14(20(23,24)25)6-5-13(10-1-3-12(4-2-10)34-21(26,27)28)16(17)19(33)31-11-7-8-30-15(9-11)18(29)32/h1-9H,(H2,29,32)(H,30,31,33). The van der Waals surface area contributed by atoms with Crippen LogP contribution in [0.15, 0.2) is 54.7 Å². The Bertz CT molecular complexity index is 1240. The number of carbonyl (C=O) groups excluding carboxylic acids is 2. The van der Waals surface area contributed by atoms with Crippen LogP contribution >= 0.6 is 0 Å². The molecule has 0 saturated carbocycles. The van der Waals surface area contributed by atoms with E-state index in [1.807, 2.05) is 0 Å². The van der Waals surface area contributed by atoms with E-state index < -0.39 is 47.0 Å². The fourth-order valence-electron chi connectivity index (χ4n) is 2.93. The lowest BCUT2D eigenvalue weighted by molar-refractivity contribution is -0.274. The first-order valence-electron chi connectivity index (χ1n) is 9.09.